The number of carbonyl (C=O) groups excluding carboxylic acids is 4. The molecule has 0 radical (unpaired) electrons. The fourth-order valence-corrected chi connectivity index (χ4v) is 6.36. The summed E-state index contributed by atoms with van der Waals surface area (Å²) >= 11 is 0. The van der Waals surface area contributed by atoms with Gasteiger partial charge in [-0.15, -0.1) is 0 Å². The Labute approximate surface area is 266 Å². The molecule has 2 N–H and O–H groups in total. The first-order chi connectivity index (χ1) is 21.9. The minimum atomic E-state index is -0.712. The number of rotatable bonds is 15. The molecule has 0 bridgehead atoms. The van der Waals surface area contributed by atoms with Gasteiger partial charge in [-0.25, -0.2) is 9.59 Å². The summed E-state index contributed by atoms with van der Waals surface area (Å²) in [6.07, 6.45) is 5.69. The molecule has 1 saturated carbocycles. The fourth-order valence-electron chi connectivity index (χ4n) is 6.36. The molecule has 10 nitrogen and oxygen atoms in total. The van der Waals surface area contributed by atoms with Crippen LogP contribution in [-0.2, 0) is 41.8 Å². The molecule has 1 aliphatic carbocycles. The van der Waals surface area contributed by atoms with Gasteiger partial charge in [0.15, 0.2) is 0 Å². The molecule has 0 unspecified atom stereocenters. The Morgan fingerprint density at radius 2 is 1.51 bits per heavy atom. The van der Waals surface area contributed by atoms with Crippen molar-refractivity contribution in [2.24, 2.45) is 5.92 Å². The molecule has 5 atom stereocenters. The van der Waals surface area contributed by atoms with E-state index in [9.17, 15) is 19.2 Å². The van der Waals surface area contributed by atoms with E-state index in [0.717, 1.165) is 36.8 Å². The van der Waals surface area contributed by atoms with Crippen molar-refractivity contribution in [2.75, 3.05) is 13.2 Å². The van der Waals surface area contributed by atoms with Crippen LogP contribution in [0.5, 0.6) is 0 Å². The highest BCUT2D eigenvalue weighted by molar-refractivity contribution is 5.89. The zero-order valence-corrected chi connectivity index (χ0v) is 26.5. The zero-order valence-electron chi connectivity index (χ0n) is 26.5. The van der Waals surface area contributed by atoms with E-state index in [1.807, 2.05) is 60.7 Å². The van der Waals surface area contributed by atoms with Crippen LogP contribution in [0, 0.1) is 5.92 Å². The van der Waals surface area contributed by atoms with Crippen LogP contribution in [0.15, 0.2) is 60.7 Å². The third-order valence-corrected chi connectivity index (χ3v) is 8.63. The Kier molecular flexibility index (Phi) is 13.2. The second-order valence-corrected chi connectivity index (χ2v) is 11.9. The monoisotopic (exact) mass is 621 g/mol. The van der Waals surface area contributed by atoms with Gasteiger partial charge in [0.25, 0.3) is 0 Å². The predicted molar refractivity (Wildman–Crippen MR) is 169 cm³/mol. The average Bonchev–Trinajstić information content (AvgIpc) is 3.46. The van der Waals surface area contributed by atoms with E-state index < -0.39 is 30.2 Å². The molecule has 0 aromatic heterocycles. The lowest BCUT2D eigenvalue weighted by atomic mass is 9.84. The van der Waals surface area contributed by atoms with Crippen molar-refractivity contribution in [1.82, 2.24) is 15.5 Å². The second-order valence-electron chi connectivity index (χ2n) is 11.9. The first-order valence-corrected chi connectivity index (χ1v) is 16.3. The van der Waals surface area contributed by atoms with E-state index in [2.05, 4.69) is 10.6 Å². The van der Waals surface area contributed by atoms with Crippen LogP contribution in [0.3, 0.4) is 0 Å². The lowest BCUT2D eigenvalue weighted by Crippen LogP contribution is -2.56. The van der Waals surface area contributed by atoms with E-state index in [1.165, 1.54) is 0 Å². The molecular formula is C35H47N3O7. The number of unbranched alkanes of at least 4 members (excludes halogenated alkanes) is 1. The highest BCUT2D eigenvalue weighted by atomic mass is 16.5. The molecule has 2 aliphatic rings. The number of alkyl carbamates (subject to hydrolysis) is 1. The summed E-state index contributed by atoms with van der Waals surface area (Å²) in [7, 11) is 0. The van der Waals surface area contributed by atoms with Gasteiger partial charge in [-0.1, -0.05) is 73.5 Å². The molecule has 2 amide bonds. The minimum Gasteiger partial charge on any atom is -0.465 e. The molecule has 244 valence electrons. The number of amides is 2. The summed E-state index contributed by atoms with van der Waals surface area (Å²) in [6, 6.07) is 16.9. The van der Waals surface area contributed by atoms with Crippen molar-refractivity contribution in [3.63, 3.8) is 0 Å². The van der Waals surface area contributed by atoms with Gasteiger partial charge >= 0.3 is 18.0 Å². The molecule has 10 heteroatoms. The molecule has 2 aromatic rings. The zero-order chi connectivity index (χ0) is 32.0. The Hall–Kier alpha value is -3.92. The van der Waals surface area contributed by atoms with Crippen molar-refractivity contribution in [1.29, 1.82) is 0 Å². The maximum atomic E-state index is 14.0. The first-order valence-electron chi connectivity index (χ1n) is 16.3. The maximum absolute atomic E-state index is 14.0. The van der Waals surface area contributed by atoms with Crippen LogP contribution >= 0.6 is 0 Å². The van der Waals surface area contributed by atoms with E-state index >= 15 is 0 Å². The van der Waals surface area contributed by atoms with Gasteiger partial charge in [-0.3, -0.25) is 14.9 Å². The Bertz CT molecular complexity index is 1240. The van der Waals surface area contributed by atoms with Crippen LogP contribution < -0.4 is 10.6 Å². The summed E-state index contributed by atoms with van der Waals surface area (Å²) in [6.45, 7) is 4.44. The van der Waals surface area contributed by atoms with Crippen molar-refractivity contribution < 1.29 is 33.4 Å². The molecule has 2 fully saturated rings. The van der Waals surface area contributed by atoms with Gasteiger partial charge < -0.3 is 24.4 Å². The van der Waals surface area contributed by atoms with Crippen LogP contribution in [0.1, 0.15) is 76.3 Å². The molecule has 1 aliphatic heterocycles. The molecule has 1 heterocycles. The van der Waals surface area contributed by atoms with Crippen molar-refractivity contribution >= 4 is 23.9 Å². The number of carbonyl (C=O) groups is 4. The lowest BCUT2D eigenvalue weighted by molar-refractivity contribution is -0.157. The highest BCUT2D eigenvalue weighted by Crippen LogP contribution is 2.40. The number of esters is 2. The molecule has 4 rings (SSSR count). The van der Waals surface area contributed by atoms with Crippen molar-refractivity contribution in [2.45, 2.75) is 103 Å². The Morgan fingerprint density at radius 1 is 0.867 bits per heavy atom. The smallest absolute Gasteiger partial charge is 0.407 e. The Balaban J connectivity index is 1.30. The molecule has 2 aromatic carbocycles. The van der Waals surface area contributed by atoms with Gasteiger partial charge in [0.05, 0.1) is 12.6 Å². The number of nitrogens with one attached hydrogen (secondary N) is 2. The number of hydrogen-bond acceptors (Lipinski definition) is 8. The van der Waals surface area contributed by atoms with E-state index in [0.29, 0.717) is 32.2 Å². The second kappa shape index (κ2) is 17.5. The SMILES string of the molecule is CCOC(=O)[C@H](CCCCNC(=O)OCc1ccccc1)N[C@@H](C)C(=O)N1[C@@H]2CCCC[C@@H]2C[C@H]1C(=O)OCc1ccccc1. The van der Waals surface area contributed by atoms with E-state index in [-0.39, 0.29) is 43.7 Å². The van der Waals surface area contributed by atoms with E-state index in [1.54, 1.807) is 18.7 Å². The number of benzene rings is 2. The van der Waals surface area contributed by atoms with Crippen LogP contribution in [0.25, 0.3) is 0 Å². The van der Waals surface area contributed by atoms with Crippen molar-refractivity contribution in [3.8, 4) is 0 Å². The summed E-state index contributed by atoms with van der Waals surface area (Å²) in [5.74, 6) is -0.756. The number of nitrogens with zero attached hydrogens (tertiary/aromatic N) is 1. The highest BCUT2D eigenvalue weighted by Gasteiger charge is 2.49. The first kappa shape index (κ1) is 34.0. The number of fused-ring (bicyclic) bond motifs is 1. The molecule has 1 saturated heterocycles. The van der Waals surface area contributed by atoms with Crippen LogP contribution in [-0.4, -0.2) is 66.2 Å². The van der Waals surface area contributed by atoms with Crippen LogP contribution in [0.4, 0.5) is 4.79 Å². The molecule has 0 spiro atoms. The molecular weight excluding hydrogens is 574 g/mol. The largest absolute Gasteiger partial charge is 0.465 e. The average molecular weight is 622 g/mol. The minimum absolute atomic E-state index is 0.0152. The standard InChI is InChI=1S/C35H47N3O7/c1-3-43-33(40)29(19-12-13-21-36-35(42)45-24-27-16-8-5-9-17-27)37-25(2)32(39)38-30-20-11-10-18-28(30)22-31(38)34(41)44-23-26-14-6-4-7-15-26/h4-9,14-17,25,28-31,37H,3,10-13,18-24H2,1-2H3,(H,36,42)/t25-,28+,29-,30+,31-/m0/s1. The van der Waals surface area contributed by atoms with Gasteiger partial charge in [-0.2, -0.15) is 0 Å². The van der Waals surface area contributed by atoms with Gasteiger partial charge in [0.2, 0.25) is 5.91 Å². The summed E-state index contributed by atoms with van der Waals surface area (Å²) < 4.78 is 16.2. The third kappa shape index (κ3) is 10.0. The summed E-state index contributed by atoms with van der Waals surface area (Å²) in [5.41, 5.74) is 1.80. The Morgan fingerprint density at radius 3 is 2.18 bits per heavy atom. The van der Waals surface area contributed by atoms with Gasteiger partial charge in [0.1, 0.15) is 25.3 Å². The normalized spacial score (nSPS) is 20.4. The predicted octanol–water partition coefficient (Wildman–Crippen LogP) is 4.90. The summed E-state index contributed by atoms with van der Waals surface area (Å²) in [5, 5.41) is 5.94. The third-order valence-electron chi connectivity index (χ3n) is 8.63. The molecule has 45 heavy (non-hydrogen) atoms. The topological polar surface area (TPSA) is 123 Å². The quantitative estimate of drug-likeness (QED) is 0.164. The van der Waals surface area contributed by atoms with E-state index in [4.69, 9.17) is 14.2 Å². The lowest BCUT2D eigenvalue weighted by Gasteiger charge is -2.35. The fraction of sp³-hybridized carbons (Fsp3) is 0.543. The number of hydrogen-bond donors (Lipinski definition) is 2. The van der Waals surface area contributed by atoms with Gasteiger partial charge in [0, 0.05) is 12.6 Å². The number of ether oxygens (including phenoxy) is 3. The van der Waals surface area contributed by atoms with Gasteiger partial charge in [-0.05, 0) is 69.4 Å². The maximum Gasteiger partial charge on any atom is 0.407 e. The van der Waals surface area contributed by atoms with Crippen molar-refractivity contribution in [3.05, 3.63) is 71.8 Å². The van der Waals surface area contributed by atoms with Crippen LogP contribution in [0.2, 0.25) is 0 Å². The number of likely N-dealkylation sites (tertiary alicyclic amines) is 1. The summed E-state index contributed by atoms with van der Waals surface area (Å²) in [4.78, 5) is 53.9.